The van der Waals surface area contributed by atoms with E-state index in [9.17, 15) is 0 Å². The Hall–Kier alpha value is -2.30. The molecule has 0 saturated heterocycles. The molecule has 130 valence electrons. The van der Waals surface area contributed by atoms with Crippen LogP contribution < -0.4 is 10.6 Å². The first kappa shape index (κ1) is 18.0. The molecule has 1 unspecified atom stereocenters. The highest BCUT2D eigenvalue weighted by Gasteiger charge is 2.14. The number of aliphatic imine (C=N–C) groups is 1. The summed E-state index contributed by atoms with van der Waals surface area (Å²) in [6, 6.07) is 8.67. The number of nitrogens with zero attached hydrogens (tertiary/aromatic N) is 3. The number of nitrogens with one attached hydrogen (secondary N) is 2. The predicted molar refractivity (Wildman–Crippen MR) is 100 cm³/mol. The van der Waals surface area contributed by atoms with E-state index in [1.807, 2.05) is 11.7 Å². The van der Waals surface area contributed by atoms with Gasteiger partial charge in [-0.3, -0.25) is 9.67 Å². The quantitative estimate of drug-likeness (QED) is 0.656. The van der Waals surface area contributed by atoms with Crippen molar-refractivity contribution in [1.82, 2.24) is 20.4 Å². The Morgan fingerprint density at radius 3 is 2.54 bits per heavy atom. The highest BCUT2D eigenvalue weighted by Crippen LogP contribution is 2.14. The number of guanidine groups is 1. The Kier molecular flexibility index (Phi) is 6.01. The fourth-order valence-corrected chi connectivity index (χ4v) is 2.89. The van der Waals surface area contributed by atoms with Crippen molar-refractivity contribution in [3.05, 3.63) is 52.3 Å². The molecule has 5 nitrogen and oxygen atoms in total. The van der Waals surface area contributed by atoms with Crippen LogP contribution in [0.5, 0.6) is 0 Å². The minimum atomic E-state index is 0.273. The fraction of sp³-hybridized carbons (Fsp3) is 0.474. The molecule has 2 N–H and O–H groups in total. The Balaban J connectivity index is 1.94. The molecule has 1 aromatic carbocycles. The maximum atomic E-state index is 4.49. The van der Waals surface area contributed by atoms with Gasteiger partial charge in [0.15, 0.2) is 5.96 Å². The molecule has 0 aliphatic heterocycles. The molecule has 2 rings (SSSR count). The van der Waals surface area contributed by atoms with Crippen LogP contribution in [0.2, 0.25) is 0 Å². The molecule has 0 amide bonds. The van der Waals surface area contributed by atoms with Crippen LogP contribution >= 0.6 is 0 Å². The maximum Gasteiger partial charge on any atom is 0.191 e. The molecule has 0 radical (unpaired) electrons. The van der Waals surface area contributed by atoms with E-state index in [2.05, 4.69) is 72.7 Å². The zero-order valence-corrected chi connectivity index (χ0v) is 15.6. The van der Waals surface area contributed by atoms with E-state index in [1.165, 1.54) is 22.4 Å². The second-order valence-corrected chi connectivity index (χ2v) is 6.37. The molecule has 0 aliphatic rings. The molecule has 5 heteroatoms. The third-order valence-corrected chi connectivity index (χ3v) is 4.48. The van der Waals surface area contributed by atoms with Crippen LogP contribution in [-0.4, -0.2) is 28.8 Å². The third kappa shape index (κ3) is 4.37. The Labute approximate surface area is 145 Å². The summed E-state index contributed by atoms with van der Waals surface area (Å²) in [4.78, 5) is 4.34. The molecule has 24 heavy (non-hydrogen) atoms. The van der Waals surface area contributed by atoms with Gasteiger partial charge in [0, 0.05) is 32.4 Å². The van der Waals surface area contributed by atoms with E-state index in [0.717, 1.165) is 24.6 Å². The number of aromatic nitrogens is 2. The summed E-state index contributed by atoms with van der Waals surface area (Å²) in [5.74, 6) is 0.824. The molecular formula is C19H29N5. The summed E-state index contributed by atoms with van der Waals surface area (Å²) < 4.78 is 1.95. The first-order valence-electron chi connectivity index (χ1n) is 8.43. The standard InChI is InChI=1S/C19H29N5/c1-13-9-7-8-10-17(13)12-21-19(20-5)22-14(2)11-18-15(3)23-24(6)16(18)4/h7-10,14H,11-12H2,1-6H3,(H2,20,21,22). The molecular weight excluding hydrogens is 298 g/mol. The van der Waals surface area contributed by atoms with Crippen LogP contribution in [-0.2, 0) is 20.0 Å². The van der Waals surface area contributed by atoms with Gasteiger partial charge >= 0.3 is 0 Å². The van der Waals surface area contributed by atoms with Gasteiger partial charge in [-0.25, -0.2) is 0 Å². The SMILES string of the molecule is CN=C(NCc1ccccc1C)NC(C)Cc1c(C)nn(C)c1C. The highest BCUT2D eigenvalue weighted by atomic mass is 15.3. The largest absolute Gasteiger partial charge is 0.354 e. The van der Waals surface area contributed by atoms with Gasteiger partial charge in [-0.15, -0.1) is 0 Å². The molecule has 1 atom stereocenters. The van der Waals surface area contributed by atoms with Crippen molar-refractivity contribution >= 4 is 5.96 Å². The fourth-order valence-electron chi connectivity index (χ4n) is 2.89. The molecule has 0 spiro atoms. The summed E-state index contributed by atoms with van der Waals surface area (Å²) in [5.41, 5.74) is 6.21. The predicted octanol–water partition coefficient (Wildman–Crippen LogP) is 2.64. The van der Waals surface area contributed by atoms with Gasteiger partial charge in [0.25, 0.3) is 0 Å². The lowest BCUT2D eigenvalue weighted by atomic mass is 10.1. The molecule has 2 aromatic rings. The number of rotatable bonds is 5. The van der Waals surface area contributed by atoms with E-state index in [0.29, 0.717) is 0 Å². The lowest BCUT2D eigenvalue weighted by Crippen LogP contribution is -2.42. The Morgan fingerprint density at radius 1 is 1.25 bits per heavy atom. The molecule has 1 aromatic heterocycles. The van der Waals surface area contributed by atoms with Gasteiger partial charge in [0.2, 0.25) is 0 Å². The van der Waals surface area contributed by atoms with Crippen molar-refractivity contribution in [3.63, 3.8) is 0 Å². The van der Waals surface area contributed by atoms with Gasteiger partial charge in [-0.2, -0.15) is 5.10 Å². The van der Waals surface area contributed by atoms with E-state index < -0.39 is 0 Å². The first-order chi connectivity index (χ1) is 11.4. The first-order valence-corrected chi connectivity index (χ1v) is 8.43. The number of aryl methyl sites for hydroxylation is 3. The Morgan fingerprint density at radius 2 is 1.96 bits per heavy atom. The van der Waals surface area contributed by atoms with Crippen LogP contribution in [0.4, 0.5) is 0 Å². The van der Waals surface area contributed by atoms with E-state index in [-0.39, 0.29) is 6.04 Å². The molecule has 0 bridgehead atoms. The third-order valence-electron chi connectivity index (χ3n) is 4.48. The maximum absolute atomic E-state index is 4.49. The van der Waals surface area contributed by atoms with Crippen molar-refractivity contribution < 1.29 is 0 Å². The number of benzene rings is 1. The summed E-state index contributed by atoms with van der Waals surface area (Å²) in [6.07, 6.45) is 0.927. The smallest absolute Gasteiger partial charge is 0.191 e. The van der Waals surface area contributed by atoms with Crippen LogP contribution in [0, 0.1) is 20.8 Å². The summed E-state index contributed by atoms with van der Waals surface area (Å²) in [5, 5.41) is 11.4. The van der Waals surface area contributed by atoms with E-state index in [1.54, 1.807) is 7.05 Å². The minimum absolute atomic E-state index is 0.273. The van der Waals surface area contributed by atoms with Crippen molar-refractivity contribution in [1.29, 1.82) is 0 Å². The molecule has 0 aliphatic carbocycles. The zero-order valence-electron chi connectivity index (χ0n) is 15.6. The lowest BCUT2D eigenvalue weighted by molar-refractivity contribution is 0.635. The van der Waals surface area contributed by atoms with E-state index in [4.69, 9.17) is 0 Å². The summed E-state index contributed by atoms with van der Waals surface area (Å²) in [6.45, 7) is 9.26. The van der Waals surface area contributed by atoms with Crippen LogP contribution in [0.3, 0.4) is 0 Å². The molecule has 0 saturated carbocycles. The highest BCUT2D eigenvalue weighted by molar-refractivity contribution is 5.80. The van der Waals surface area contributed by atoms with Gasteiger partial charge in [-0.1, -0.05) is 24.3 Å². The second-order valence-electron chi connectivity index (χ2n) is 6.37. The van der Waals surface area contributed by atoms with Gasteiger partial charge in [0.1, 0.15) is 0 Å². The number of hydrogen-bond acceptors (Lipinski definition) is 2. The monoisotopic (exact) mass is 327 g/mol. The molecule has 0 fully saturated rings. The average molecular weight is 327 g/mol. The second kappa shape index (κ2) is 7.99. The molecule has 1 heterocycles. The summed E-state index contributed by atoms with van der Waals surface area (Å²) >= 11 is 0. The minimum Gasteiger partial charge on any atom is -0.354 e. The van der Waals surface area contributed by atoms with Crippen molar-refractivity contribution in [2.24, 2.45) is 12.0 Å². The van der Waals surface area contributed by atoms with Gasteiger partial charge in [0.05, 0.1) is 5.69 Å². The van der Waals surface area contributed by atoms with Crippen molar-refractivity contribution in [2.75, 3.05) is 7.05 Å². The van der Waals surface area contributed by atoms with Crippen molar-refractivity contribution in [3.8, 4) is 0 Å². The Bertz CT molecular complexity index is 715. The van der Waals surface area contributed by atoms with Gasteiger partial charge in [-0.05, 0) is 50.8 Å². The average Bonchev–Trinajstić information content (AvgIpc) is 2.79. The topological polar surface area (TPSA) is 54.2 Å². The normalized spacial score (nSPS) is 13.0. The lowest BCUT2D eigenvalue weighted by Gasteiger charge is -2.18. The number of hydrogen-bond donors (Lipinski definition) is 2. The van der Waals surface area contributed by atoms with Crippen LogP contribution in [0.15, 0.2) is 29.3 Å². The van der Waals surface area contributed by atoms with Gasteiger partial charge < -0.3 is 10.6 Å². The van der Waals surface area contributed by atoms with Crippen molar-refractivity contribution in [2.45, 2.75) is 46.7 Å². The van der Waals surface area contributed by atoms with Crippen LogP contribution in [0.1, 0.15) is 35.0 Å². The van der Waals surface area contributed by atoms with E-state index >= 15 is 0 Å². The summed E-state index contributed by atoms with van der Waals surface area (Å²) in [7, 11) is 3.80. The van der Waals surface area contributed by atoms with Crippen LogP contribution in [0.25, 0.3) is 0 Å². The zero-order chi connectivity index (χ0) is 17.7.